The number of hydrogen-bond donors (Lipinski definition) is 0. The molecule has 0 unspecified atom stereocenters. The second-order valence-electron chi connectivity index (χ2n) is 9.65. The summed E-state index contributed by atoms with van der Waals surface area (Å²) in [5.74, 6) is 3.44. The van der Waals surface area contributed by atoms with Gasteiger partial charge >= 0.3 is 0 Å². The molecule has 2 aliphatic heterocycles. The first-order valence-electron chi connectivity index (χ1n) is 11.6. The van der Waals surface area contributed by atoms with Crippen molar-refractivity contribution in [3.63, 3.8) is 0 Å². The van der Waals surface area contributed by atoms with E-state index in [1.807, 2.05) is 30.6 Å². The molecule has 0 N–H and O–H groups in total. The van der Waals surface area contributed by atoms with E-state index in [1.54, 1.807) is 15.6 Å². The lowest BCUT2D eigenvalue weighted by Gasteiger charge is -2.45. The van der Waals surface area contributed by atoms with Gasteiger partial charge in [0.25, 0.3) is 5.91 Å². The van der Waals surface area contributed by atoms with Crippen molar-refractivity contribution in [3.05, 3.63) is 42.4 Å². The third kappa shape index (κ3) is 4.39. The van der Waals surface area contributed by atoms with Gasteiger partial charge < -0.3 is 19.4 Å². The number of likely N-dealkylation sites (tertiary alicyclic amines) is 1. The predicted octanol–water partition coefficient (Wildman–Crippen LogP) is 1.88. The lowest BCUT2D eigenvalue weighted by molar-refractivity contribution is -0.125. The van der Waals surface area contributed by atoms with Crippen molar-refractivity contribution in [3.8, 4) is 35.3 Å². The number of aromatic nitrogens is 3. The number of carbonyl (C=O) groups excluding carboxylic acids is 1. The molecule has 1 amide bonds. The van der Waals surface area contributed by atoms with Gasteiger partial charge in [-0.3, -0.25) is 4.79 Å². The summed E-state index contributed by atoms with van der Waals surface area (Å²) in [7, 11) is 2.10. The molecule has 0 aromatic carbocycles. The Morgan fingerprint density at radius 2 is 2.00 bits per heavy atom. The van der Waals surface area contributed by atoms with Gasteiger partial charge in [-0.25, -0.2) is 9.50 Å². The van der Waals surface area contributed by atoms with Crippen LogP contribution in [0.25, 0.3) is 16.6 Å². The Kier molecular flexibility index (Phi) is 5.80. The van der Waals surface area contributed by atoms with Crippen LogP contribution in [0.15, 0.2) is 36.8 Å². The molecule has 0 aliphatic carbocycles. The molecular formula is C26H27N7O2. The van der Waals surface area contributed by atoms with Gasteiger partial charge in [-0.15, -0.1) is 6.42 Å². The predicted molar refractivity (Wildman–Crippen MR) is 132 cm³/mol. The summed E-state index contributed by atoms with van der Waals surface area (Å²) in [6.07, 6.45) is 10.4. The number of nitriles is 1. The minimum atomic E-state index is -0.272. The Balaban J connectivity index is 1.39. The fourth-order valence-corrected chi connectivity index (χ4v) is 5.05. The van der Waals surface area contributed by atoms with E-state index in [4.69, 9.17) is 11.2 Å². The molecule has 2 saturated heterocycles. The second-order valence-corrected chi connectivity index (χ2v) is 9.65. The SMILES string of the molecule is C#CC(=O)N1CCN(c2ccc(-c3cc(OCC4(C)CN(C)C4)cn4ncc(C#N)c34)cn2)CC1. The van der Waals surface area contributed by atoms with Crippen LogP contribution in [-0.2, 0) is 4.79 Å². The molecule has 2 fully saturated rings. The molecule has 35 heavy (non-hydrogen) atoms. The number of amides is 1. The molecule has 0 spiro atoms. The van der Waals surface area contributed by atoms with Crippen LogP contribution >= 0.6 is 0 Å². The number of carbonyl (C=O) groups is 1. The molecule has 3 aromatic rings. The Bertz CT molecular complexity index is 1340. The first kappa shape index (κ1) is 22.7. The molecule has 0 saturated carbocycles. The van der Waals surface area contributed by atoms with E-state index in [1.165, 1.54) is 0 Å². The molecule has 9 nitrogen and oxygen atoms in total. The standard InChI is InChI=1S/C26H27N7O2/c1-4-24(34)32-9-7-31(8-10-32)23-6-5-19(13-28-23)22-11-21(35-18-26(2)16-30(3)17-26)15-33-25(22)20(12-27)14-29-33/h1,5-6,11,13-15H,7-10,16-18H2,2-3H3. The summed E-state index contributed by atoms with van der Waals surface area (Å²) in [5, 5.41) is 14.0. The highest BCUT2D eigenvalue weighted by Crippen LogP contribution is 2.33. The topological polar surface area (TPSA) is 90.0 Å². The molecule has 0 atom stereocenters. The van der Waals surface area contributed by atoms with Crippen LogP contribution in [0.2, 0.25) is 0 Å². The highest BCUT2D eigenvalue weighted by atomic mass is 16.5. The first-order chi connectivity index (χ1) is 16.9. The highest BCUT2D eigenvalue weighted by Gasteiger charge is 2.37. The van der Waals surface area contributed by atoms with Gasteiger partial charge in [0.05, 0.1) is 30.1 Å². The molecule has 0 bridgehead atoms. The molecule has 9 heteroatoms. The Morgan fingerprint density at radius 1 is 1.23 bits per heavy atom. The normalized spacial score (nSPS) is 17.5. The van der Waals surface area contributed by atoms with Gasteiger partial charge in [0.15, 0.2) is 0 Å². The van der Waals surface area contributed by atoms with Crippen molar-refractivity contribution >= 4 is 17.2 Å². The maximum Gasteiger partial charge on any atom is 0.298 e. The number of rotatable bonds is 5. The number of ether oxygens (including phenoxy) is 1. The van der Waals surface area contributed by atoms with Crippen molar-refractivity contribution in [1.29, 1.82) is 5.26 Å². The quantitative estimate of drug-likeness (QED) is 0.527. The molecule has 178 valence electrons. The number of nitrogens with zero attached hydrogens (tertiary/aromatic N) is 7. The van der Waals surface area contributed by atoms with Crippen LogP contribution in [0.5, 0.6) is 5.75 Å². The van der Waals surface area contributed by atoms with Crippen LogP contribution < -0.4 is 9.64 Å². The summed E-state index contributed by atoms with van der Waals surface area (Å²) < 4.78 is 7.89. The van der Waals surface area contributed by atoms with E-state index in [9.17, 15) is 10.1 Å². The van der Waals surface area contributed by atoms with Gasteiger partial charge in [0.1, 0.15) is 17.6 Å². The zero-order chi connectivity index (χ0) is 24.6. The van der Waals surface area contributed by atoms with Crippen LogP contribution in [0, 0.1) is 29.1 Å². The minimum Gasteiger partial charge on any atom is -0.491 e. The Morgan fingerprint density at radius 3 is 2.63 bits per heavy atom. The van der Waals surface area contributed by atoms with Crippen LogP contribution in [0.3, 0.4) is 0 Å². The lowest BCUT2D eigenvalue weighted by atomic mass is 9.83. The number of fused-ring (bicyclic) bond motifs is 1. The number of piperazine rings is 1. The molecule has 2 aliphatic rings. The summed E-state index contributed by atoms with van der Waals surface area (Å²) >= 11 is 0. The average molecular weight is 470 g/mol. The van der Waals surface area contributed by atoms with E-state index in [0.717, 1.165) is 35.6 Å². The summed E-state index contributed by atoms with van der Waals surface area (Å²) in [4.78, 5) is 22.5. The first-order valence-corrected chi connectivity index (χ1v) is 11.6. The van der Waals surface area contributed by atoms with Crippen LogP contribution in [0.1, 0.15) is 12.5 Å². The van der Waals surface area contributed by atoms with Crippen LogP contribution in [-0.4, -0.2) is 83.2 Å². The zero-order valence-electron chi connectivity index (χ0n) is 19.9. The third-order valence-electron chi connectivity index (χ3n) is 6.67. The van der Waals surface area contributed by atoms with Crippen LogP contribution in [0.4, 0.5) is 5.82 Å². The van der Waals surface area contributed by atoms with E-state index >= 15 is 0 Å². The lowest BCUT2D eigenvalue weighted by Crippen LogP contribution is -2.55. The molecule has 0 radical (unpaired) electrons. The number of anilines is 1. The second kappa shape index (κ2) is 8.94. The average Bonchev–Trinajstić information content (AvgIpc) is 3.29. The Labute approximate surface area is 204 Å². The monoisotopic (exact) mass is 469 g/mol. The minimum absolute atomic E-state index is 0.129. The summed E-state index contributed by atoms with van der Waals surface area (Å²) in [6, 6.07) is 8.16. The van der Waals surface area contributed by atoms with Crippen molar-refractivity contribution in [2.75, 3.05) is 57.8 Å². The van der Waals surface area contributed by atoms with Gasteiger partial charge in [-0.05, 0) is 31.2 Å². The zero-order valence-corrected chi connectivity index (χ0v) is 19.9. The molecular weight excluding hydrogens is 442 g/mol. The fraction of sp³-hybridized carbons (Fsp3) is 0.385. The highest BCUT2D eigenvalue weighted by molar-refractivity contribution is 5.93. The van der Waals surface area contributed by atoms with Crippen molar-refractivity contribution < 1.29 is 9.53 Å². The number of terminal acetylenes is 1. The summed E-state index contributed by atoms with van der Waals surface area (Å²) in [6.45, 7) is 7.31. The maximum absolute atomic E-state index is 11.7. The van der Waals surface area contributed by atoms with Crippen molar-refractivity contribution in [2.24, 2.45) is 5.41 Å². The molecule has 5 heterocycles. The molecule has 3 aromatic heterocycles. The van der Waals surface area contributed by atoms with E-state index in [2.05, 4.69) is 45.8 Å². The summed E-state index contributed by atoms with van der Waals surface area (Å²) in [5.41, 5.74) is 3.07. The van der Waals surface area contributed by atoms with Gasteiger partial charge in [-0.2, -0.15) is 10.4 Å². The largest absolute Gasteiger partial charge is 0.491 e. The maximum atomic E-state index is 11.7. The van der Waals surface area contributed by atoms with E-state index < -0.39 is 0 Å². The Hall–Kier alpha value is -4.08. The van der Waals surface area contributed by atoms with Gasteiger partial charge in [0, 0.05) is 62.0 Å². The number of pyridine rings is 2. The van der Waals surface area contributed by atoms with Gasteiger partial charge in [-0.1, -0.05) is 6.92 Å². The van der Waals surface area contributed by atoms with E-state index in [-0.39, 0.29) is 11.3 Å². The van der Waals surface area contributed by atoms with Crippen molar-refractivity contribution in [2.45, 2.75) is 6.92 Å². The number of hydrogen-bond acceptors (Lipinski definition) is 7. The van der Waals surface area contributed by atoms with Crippen molar-refractivity contribution in [1.82, 2.24) is 24.4 Å². The van der Waals surface area contributed by atoms with E-state index in [0.29, 0.717) is 44.1 Å². The fourth-order valence-electron chi connectivity index (χ4n) is 5.05. The molecule has 5 rings (SSSR count). The third-order valence-corrected chi connectivity index (χ3v) is 6.67. The van der Waals surface area contributed by atoms with Gasteiger partial charge in [0.2, 0.25) is 0 Å². The smallest absolute Gasteiger partial charge is 0.298 e.